The van der Waals surface area contributed by atoms with Crippen molar-refractivity contribution in [3.8, 4) is 0 Å². The first-order valence-corrected chi connectivity index (χ1v) is 5.75. The van der Waals surface area contributed by atoms with Gasteiger partial charge in [0.05, 0.1) is 4.90 Å². The number of anilines is 1. The second kappa shape index (κ2) is 4.85. The summed E-state index contributed by atoms with van der Waals surface area (Å²) in [6, 6.07) is 9.21. The summed E-state index contributed by atoms with van der Waals surface area (Å²) in [5.74, 6) is -0.367. The maximum Gasteiger partial charge on any atom is 0.151 e. The fraction of sp³-hybridized carbons (Fsp3) is 0. The normalized spacial score (nSPS) is 12.1. The number of aromatic nitrogens is 1. The quantitative estimate of drug-likeness (QED) is 0.888. The number of benzene rings is 1. The van der Waals surface area contributed by atoms with Crippen molar-refractivity contribution >= 4 is 16.7 Å². The highest BCUT2D eigenvalue weighted by molar-refractivity contribution is 7.86. The Morgan fingerprint density at radius 2 is 2.12 bits per heavy atom. The first-order chi connectivity index (χ1) is 7.75. The molecule has 2 rings (SSSR count). The van der Waals surface area contributed by atoms with Crippen LogP contribution in [0.5, 0.6) is 0 Å². The third-order valence-electron chi connectivity index (χ3n) is 1.88. The fourth-order valence-corrected chi connectivity index (χ4v) is 1.99. The van der Waals surface area contributed by atoms with Gasteiger partial charge in [-0.3, -0.25) is 4.98 Å². The Morgan fingerprint density at radius 3 is 2.81 bits per heavy atom. The van der Waals surface area contributed by atoms with Gasteiger partial charge in [0.2, 0.25) is 0 Å². The summed E-state index contributed by atoms with van der Waals surface area (Å²) in [4.78, 5) is 4.41. The van der Waals surface area contributed by atoms with E-state index < -0.39 is 11.0 Å². The molecule has 2 aromatic rings. The molecule has 0 saturated heterocycles. The van der Waals surface area contributed by atoms with E-state index in [9.17, 15) is 8.60 Å². The van der Waals surface area contributed by atoms with E-state index in [1.165, 1.54) is 18.3 Å². The molecule has 1 aromatic heterocycles. The van der Waals surface area contributed by atoms with E-state index >= 15 is 0 Å². The van der Waals surface area contributed by atoms with E-state index in [1.54, 1.807) is 30.5 Å². The zero-order chi connectivity index (χ0) is 11.4. The summed E-state index contributed by atoms with van der Waals surface area (Å²) in [7, 11) is -1.42. The molecule has 82 valence electrons. The Bertz CT molecular complexity index is 504. The van der Waals surface area contributed by atoms with E-state index in [2.05, 4.69) is 9.71 Å². The largest absolute Gasteiger partial charge is 0.301 e. The van der Waals surface area contributed by atoms with Gasteiger partial charge < -0.3 is 4.72 Å². The molecule has 16 heavy (non-hydrogen) atoms. The number of nitrogens with zero attached hydrogens (tertiary/aromatic N) is 1. The lowest BCUT2D eigenvalue weighted by atomic mass is 10.3. The smallest absolute Gasteiger partial charge is 0.151 e. The van der Waals surface area contributed by atoms with Gasteiger partial charge in [-0.15, -0.1) is 0 Å². The Kier molecular flexibility index (Phi) is 3.26. The zero-order valence-electron chi connectivity index (χ0n) is 8.26. The topological polar surface area (TPSA) is 42.0 Å². The van der Waals surface area contributed by atoms with E-state index in [-0.39, 0.29) is 5.82 Å². The molecule has 0 aliphatic heterocycles. The summed E-state index contributed by atoms with van der Waals surface area (Å²) >= 11 is 0. The molecule has 1 heterocycles. The zero-order valence-corrected chi connectivity index (χ0v) is 9.08. The number of hydrogen-bond donors (Lipinski definition) is 1. The van der Waals surface area contributed by atoms with Crippen LogP contribution in [0, 0.1) is 5.82 Å². The molecule has 3 nitrogen and oxygen atoms in total. The number of halogens is 1. The van der Waals surface area contributed by atoms with Gasteiger partial charge in [-0.25, -0.2) is 8.60 Å². The average molecular weight is 236 g/mol. The number of pyridine rings is 1. The van der Waals surface area contributed by atoms with E-state index in [0.717, 1.165) is 0 Å². The lowest BCUT2D eigenvalue weighted by Gasteiger charge is -2.05. The van der Waals surface area contributed by atoms with Gasteiger partial charge in [-0.2, -0.15) is 0 Å². The summed E-state index contributed by atoms with van der Waals surface area (Å²) in [6.07, 6.45) is 3.10. The second-order valence-corrected chi connectivity index (χ2v) is 4.28. The molecule has 1 unspecified atom stereocenters. The summed E-state index contributed by atoms with van der Waals surface area (Å²) in [6.45, 7) is 0. The third kappa shape index (κ3) is 2.64. The van der Waals surface area contributed by atoms with E-state index in [4.69, 9.17) is 0 Å². The molecule has 0 aliphatic carbocycles. The van der Waals surface area contributed by atoms with Crippen LogP contribution >= 0.6 is 0 Å². The molecule has 0 saturated carbocycles. The van der Waals surface area contributed by atoms with Gasteiger partial charge in [0.1, 0.15) is 5.82 Å². The van der Waals surface area contributed by atoms with Crippen molar-refractivity contribution in [3.63, 3.8) is 0 Å². The molecule has 1 atom stereocenters. The van der Waals surface area contributed by atoms with E-state index in [0.29, 0.717) is 10.6 Å². The van der Waals surface area contributed by atoms with Crippen LogP contribution < -0.4 is 4.72 Å². The monoisotopic (exact) mass is 236 g/mol. The van der Waals surface area contributed by atoms with Gasteiger partial charge in [-0.05, 0) is 30.3 Å². The van der Waals surface area contributed by atoms with Crippen LogP contribution in [0.15, 0.2) is 53.7 Å². The lowest BCUT2D eigenvalue weighted by Crippen LogP contribution is -2.04. The number of hydrogen-bond acceptors (Lipinski definition) is 2. The van der Waals surface area contributed by atoms with Crippen LogP contribution in [0.3, 0.4) is 0 Å². The van der Waals surface area contributed by atoms with Crippen molar-refractivity contribution in [2.24, 2.45) is 0 Å². The van der Waals surface area contributed by atoms with Crippen molar-refractivity contribution in [1.29, 1.82) is 0 Å². The maximum absolute atomic E-state index is 12.9. The minimum absolute atomic E-state index is 0.367. The molecule has 0 aliphatic rings. The molecule has 0 bridgehead atoms. The van der Waals surface area contributed by atoms with Crippen molar-refractivity contribution in [2.45, 2.75) is 4.90 Å². The first kappa shape index (κ1) is 10.8. The average Bonchev–Trinajstić information content (AvgIpc) is 2.30. The number of nitrogens with one attached hydrogen (secondary N) is 1. The lowest BCUT2D eigenvalue weighted by molar-refractivity contribution is 0.628. The minimum atomic E-state index is -1.42. The van der Waals surface area contributed by atoms with Crippen LogP contribution in [0.4, 0.5) is 10.1 Å². The fourth-order valence-electron chi connectivity index (χ4n) is 1.17. The summed E-state index contributed by atoms with van der Waals surface area (Å²) < 4.78 is 27.3. The molecule has 5 heteroatoms. The highest BCUT2D eigenvalue weighted by Crippen LogP contribution is 2.12. The predicted molar refractivity (Wildman–Crippen MR) is 60.7 cm³/mol. The summed E-state index contributed by atoms with van der Waals surface area (Å²) in [5.41, 5.74) is 0.474. The molecular weight excluding hydrogens is 227 g/mol. The van der Waals surface area contributed by atoms with Crippen LogP contribution in [0.1, 0.15) is 0 Å². The van der Waals surface area contributed by atoms with Crippen LogP contribution in [0.25, 0.3) is 0 Å². The first-order valence-electron chi connectivity index (χ1n) is 4.60. The SMILES string of the molecule is O=S(Nc1cccc(F)c1)c1cccnc1. The highest BCUT2D eigenvalue weighted by Gasteiger charge is 2.03. The van der Waals surface area contributed by atoms with Crippen LogP contribution in [-0.4, -0.2) is 9.19 Å². The van der Waals surface area contributed by atoms with Crippen LogP contribution in [0.2, 0.25) is 0 Å². The Morgan fingerprint density at radius 1 is 1.25 bits per heavy atom. The minimum Gasteiger partial charge on any atom is -0.301 e. The van der Waals surface area contributed by atoms with Gasteiger partial charge in [0.15, 0.2) is 11.0 Å². The Balaban J connectivity index is 2.14. The third-order valence-corrected chi connectivity index (χ3v) is 2.97. The molecule has 1 N–H and O–H groups in total. The Hall–Kier alpha value is -1.75. The van der Waals surface area contributed by atoms with Gasteiger partial charge in [0, 0.05) is 18.1 Å². The van der Waals surface area contributed by atoms with Gasteiger partial charge in [0.25, 0.3) is 0 Å². The molecule has 0 radical (unpaired) electrons. The van der Waals surface area contributed by atoms with Gasteiger partial charge in [-0.1, -0.05) is 6.07 Å². The van der Waals surface area contributed by atoms with E-state index in [1.807, 2.05) is 0 Å². The second-order valence-electron chi connectivity index (χ2n) is 3.07. The molecular formula is C11H9FN2OS. The predicted octanol–water partition coefficient (Wildman–Crippen LogP) is 2.36. The van der Waals surface area contributed by atoms with Crippen LogP contribution in [-0.2, 0) is 11.0 Å². The summed E-state index contributed by atoms with van der Waals surface area (Å²) in [5, 5.41) is 0. The Labute approximate surface area is 94.9 Å². The molecule has 0 amide bonds. The molecule has 0 spiro atoms. The van der Waals surface area contributed by atoms with Crippen molar-refractivity contribution < 1.29 is 8.60 Å². The molecule has 1 aromatic carbocycles. The van der Waals surface area contributed by atoms with Crippen molar-refractivity contribution in [2.75, 3.05) is 4.72 Å². The van der Waals surface area contributed by atoms with Crippen molar-refractivity contribution in [3.05, 3.63) is 54.6 Å². The standard InChI is InChI=1S/C11H9FN2OS/c12-9-3-1-4-10(7-9)14-16(15)11-5-2-6-13-8-11/h1-8,14H. The maximum atomic E-state index is 12.9. The van der Waals surface area contributed by atoms with Crippen molar-refractivity contribution in [1.82, 2.24) is 4.98 Å². The number of rotatable bonds is 3. The highest BCUT2D eigenvalue weighted by atomic mass is 32.2. The molecule has 0 fully saturated rings. The van der Waals surface area contributed by atoms with Gasteiger partial charge >= 0.3 is 0 Å².